The Kier molecular flexibility index (Phi) is 15.1. The molecule has 286 valence electrons. The third-order valence-electron chi connectivity index (χ3n) is 8.51. The number of aliphatic carboxylic acids is 1. The summed E-state index contributed by atoms with van der Waals surface area (Å²) in [4.78, 5) is 41.8. The molecule has 0 bridgehead atoms. The minimum absolute atomic E-state index is 0.0251. The summed E-state index contributed by atoms with van der Waals surface area (Å²) in [6.07, 6.45) is -4.34. The van der Waals surface area contributed by atoms with Gasteiger partial charge in [-0.25, -0.2) is 9.79 Å². The van der Waals surface area contributed by atoms with Gasteiger partial charge in [-0.05, 0) is 58.0 Å². The van der Waals surface area contributed by atoms with Crippen molar-refractivity contribution < 1.29 is 32.7 Å². The summed E-state index contributed by atoms with van der Waals surface area (Å²) in [5.41, 5.74) is 23.8. The number of nitrogens with two attached hydrogens (primary N) is 3. The number of alkyl halides is 3. The minimum Gasteiger partial charge on any atom is -0.475 e. The molecule has 0 saturated heterocycles. The average Bonchev–Trinajstić information content (AvgIpc) is 3.19. The number of benzene rings is 5. The molecule has 0 aliphatic carbocycles. The van der Waals surface area contributed by atoms with E-state index in [1.807, 2.05) is 89.8 Å². The monoisotopic (exact) mass is 752 g/mol. The Labute approximate surface area is 317 Å². The number of nitrogens with zero attached hydrogens (tertiary/aromatic N) is 2. The molecule has 0 aliphatic heterocycles. The van der Waals surface area contributed by atoms with Crippen molar-refractivity contribution in [1.29, 1.82) is 0 Å². The minimum atomic E-state index is -5.08. The molecule has 5 aromatic carbocycles. The maximum Gasteiger partial charge on any atom is 0.490 e. The fraction of sp³-hybridized carbons (Fsp3) is 0.190. The van der Waals surface area contributed by atoms with E-state index in [0.717, 1.165) is 28.7 Å². The van der Waals surface area contributed by atoms with Crippen molar-refractivity contribution in [1.82, 2.24) is 10.2 Å². The van der Waals surface area contributed by atoms with Gasteiger partial charge >= 0.3 is 12.1 Å². The highest BCUT2D eigenvalue weighted by Gasteiger charge is 2.38. The lowest BCUT2D eigenvalue weighted by molar-refractivity contribution is -0.192. The van der Waals surface area contributed by atoms with Crippen LogP contribution in [0.25, 0.3) is 11.1 Å². The lowest BCUT2D eigenvalue weighted by Crippen LogP contribution is -2.32. The fourth-order valence-corrected chi connectivity index (χ4v) is 5.78. The molecule has 0 spiro atoms. The van der Waals surface area contributed by atoms with Gasteiger partial charge in [0.15, 0.2) is 5.96 Å². The van der Waals surface area contributed by atoms with Crippen LogP contribution in [0.3, 0.4) is 0 Å². The zero-order valence-electron chi connectivity index (χ0n) is 30.0. The summed E-state index contributed by atoms with van der Waals surface area (Å²) in [6.45, 7) is 2.08. The first-order valence-electron chi connectivity index (χ1n) is 17.4. The summed E-state index contributed by atoms with van der Waals surface area (Å²) in [5.74, 6) is -2.83. The highest BCUT2D eigenvalue weighted by Crippen LogP contribution is 2.29. The Morgan fingerprint density at radius 2 is 1.27 bits per heavy atom. The van der Waals surface area contributed by atoms with Crippen LogP contribution in [0.15, 0.2) is 138 Å². The second-order valence-corrected chi connectivity index (χ2v) is 12.4. The molecule has 0 saturated carbocycles. The third kappa shape index (κ3) is 12.6. The number of halogens is 3. The van der Waals surface area contributed by atoms with Gasteiger partial charge < -0.3 is 32.5 Å². The molecule has 0 unspecified atom stereocenters. The van der Waals surface area contributed by atoms with E-state index in [0.29, 0.717) is 43.9 Å². The summed E-state index contributed by atoms with van der Waals surface area (Å²) in [5, 5.41) is 9.99. The van der Waals surface area contributed by atoms with Crippen LogP contribution < -0.4 is 22.5 Å². The molecule has 0 radical (unpaired) electrons. The van der Waals surface area contributed by atoms with E-state index < -0.39 is 12.1 Å². The van der Waals surface area contributed by atoms with Crippen LogP contribution in [-0.2, 0) is 17.9 Å². The van der Waals surface area contributed by atoms with Gasteiger partial charge in [-0.2, -0.15) is 13.2 Å². The molecule has 10 nitrogen and oxygen atoms in total. The Hall–Kier alpha value is -6.47. The number of carbonyl (C=O) groups excluding carboxylic acids is 2. The lowest BCUT2D eigenvalue weighted by Gasteiger charge is -2.26. The first kappa shape index (κ1) is 41.3. The molecular formula is C42H43F3N6O4. The van der Waals surface area contributed by atoms with Crippen LogP contribution in [0, 0.1) is 0 Å². The Balaban J connectivity index is 0.000000876. The topological polar surface area (TPSA) is 177 Å². The number of carboxylic acids is 1. The second-order valence-electron chi connectivity index (χ2n) is 12.4. The summed E-state index contributed by atoms with van der Waals surface area (Å²) < 4.78 is 31.7. The molecular weight excluding hydrogens is 709 g/mol. The van der Waals surface area contributed by atoms with Crippen LogP contribution >= 0.6 is 0 Å². The Bertz CT molecular complexity index is 1980. The molecule has 2 amide bonds. The van der Waals surface area contributed by atoms with Crippen molar-refractivity contribution in [3.63, 3.8) is 0 Å². The molecule has 0 aliphatic rings. The number of carbonyl (C=O) groups is 3. The molecule has 8 N–H and O–H groups in total. The van der Waals surface area contributed by atoms with E-state index in [2.05, 4.69) is 58.8 Å². The summed E-state index contributed by atoms with van der Waals surface area (Å²) in [7, 11) is 0. The maximum atomic E-state index is 14.1. The summed E-state index contributed by atoms with van der Waals surface area (Å²) >= 11 is 0. The average molecular weight is 753 g/mol. The van der Waals surface area contributed by atoms with Crippen LogP contribution in [0.5, 0.6) is 0 Å². The van der Waals surface area contributed by atoms with Gasteiger partial charge in [0, 0.05) is 43.2 Å². The standard InChI is InChI=1S/C40H42N6O2.C2HF3O2/c41-24-25-44-38(47)37-14-8-7-13-36(37)33-19-17-30(18-20-33)28-46(39(48)34-21-15-29(16-22-34)27-45-40(42)43)26-23-35(31-9-3-1-4-10-31)32-11-5-2-6-12-32;3-2(4,5)1(6)7/h1-22,35H,23-28,41H2,(H,44,47)(H4,42,43,45);(H,6,7). The predicted octanol–water partition coefficient (Wildman–Crippen LogP) is 6.31. The highest BCUT2D eigenvalue weighted by atomic mass is 19.4. The SMILES string of the molecule is NCCNC(=O)c1ccccc1-c1ccc(CN(CCC(c2ccccc2)c2ccccc2)C(=O)c2ccc(CN=C(N)N)cc2)cc1.O=C(O)C(F)(F)F. The van der Waals surface area contributed by atoms with E-state index in [1.54, 1.807) is 0 Å². The summed E-state index contributed by atoms with van der Waals surface area (Å²) in [6, 6.07) is 43.8. The van der Waals surface area contributed by atoms with Crippen LogP contribution in [0.2, 0.25) is 0 Å². The van der Waals surface area contributed by atoms with Gasteiger partial charge in [0.05, 0.1) is 6.54 Å². The molecule has 0 fully saturated rings. The molecule has 5 aromatic rings. The molecule has 0 heterocycles. The Morgan fingerprint density at radius 3 is 1.80 bits per heavy atom. The number of amides is 2. The van der Waals surface area contributed by atoms with Crippen LogP contribution in [-0.4, -0.2) is 59.6 Å². The number of nitrogens with one attached hydrogen (secondary N) is 1. The van der Waals surface area contributed by atoms with E-state index in [9.17, 15) is 22.8 Å². The van der Waals surface area contributed by atoms with Crippen molar-refractivity contribution in [3.05, 3.63) is 167 Å². The molecule has 55 heavy (non-hydrogen) atoms. The van der Waals surface area contributed by atoms with Crippen molar-refractivity contribution in [2.45, 2.75) is 31.6 Å². The number of hydrogen-bond acceptors (Lipinski definition) is 5. The van der Waals surface area contributed by atoms with Gasteiger partial charge in [-0.3, -0.25) is 9.59 Å². The second kappa shape index (κ2) is 20.1. The smallest absolute Gasteiger partial charge is 0.475 e. The van der Waals surface area contributed by atoms with Gasteiger partial charge in [-0.1, -0.05) is 115 Å². The van der Waals surface area contributed by atoms with E-state index >= 15 is 0 Å². The normalized spacial score (nSPS) is 10.9. The quantitative estimate of drug-likeness (QED) is 0.0652. The van der Waals surface area contributed by atoms with Crippen molar-refractivity contribution >= 4 is 23.7 Å². The number of guanidine groups is 1. The zero-order chi connectivity index (χ0) is 39.8. The fourth-order valence-electron chi connectivity index (χ4n) is 5.78. The predicted molar refractivity (Wildman–Crippen MR) is 207 cm³/mol. The molecule has 5 rings (SSSR count). The van der Waals surface area contributed by atoms with E-state index in [-0.39, 0.29) is 23.7 Å². The van der Waals surface area contributed by atoms with Crippen molar-refractivity contribution in [3.8, 4) is 11.1 Å². The largest absolute Gasteiger partial charge is 0.490 e. The van der Waals surface area contributed by atoms with E-state index in [4.69, 9.17) is 27.1 Å². The van der Waals surface area contributed by atoms with E-state index in [1.165, 1.54) is 11.1 Å². The number of hydrogen-bond donors (Lipinski definition) is 5. The lowest BCUT2D eigenvalue weighted by atomic mass is 9.88. The number of aliphatic imine (C=N–C) groups is 1. The first-order chi connectivity index (χ1) is 26.4. The third-order valence-corrected chi connectivity index (χ3v) is 8.51. The molecule has 0 aromatic heterocycles. The maximum absolute atomic E-state index is 14.1. The van der Waals surface area contributed by atoms with Gasteiger partial charge in [-0.15, -0.1) is 0 Å². The van der Waals surface area contributed by atoms with Gasteiger partial charge in [0.1, 0.15) is 0 Å². The molecule has 0 atom stereocenters. The van der Waals surface area contributed by atoms with Gasteiger partial charge in [0.2, 0.25) is 0 Å². The van der Waals surface area contributed by atoms with Crippen molar-refractivity contribution in [2.75, 3.05) is 19.6 Å². The van der Waals surface area contributed by atoms with Gasteiger partial charge in [0.25, 0.3) is 11.8 Å². The number of carboxylic acid groups (broad SMARTS) is 1. The number of rotatable bonds is 14. The first-order valence-corrected chi connectivity index (χ1v) is 17.4. The van der Waals surface area contributed by atoms with Crippen LogP contribution in [0.4, 0.5) is 13.2 Å². The molecule has 13 heteroatoms. The zero-order valence-corrected chi connectivity index (χ0v) is 30.0. The highest BCUT2D eigenvalue weighted by molar-refractivity contribution is 6.01. The Morgan fingerprint density at radius 1 is 0.745 bits per heavy atom. The van der Waals surface area contributed by atoms with Crippen molar-refractivity contribution in [2.24, 2.45) is 22.2 Å². The van der Waals surface area contributed by atoms with Crippen LogP contribution in [0.1, 0.15) is 55.3 Å².